The van der Waals surface area contributed by atoms with E-state index in [4.69, 9.17) is 9.47 Å². The second-order valence-electron chi connectivity index (χ2n) is 6.11. The largest absolute Gasteiger partial charge is 0.482 e. The third-order valence-electron chi connectivity index (χ3n) is 4.12. The first-order valence-corrected chi connectivity index (χ1v) is 11.0. The molecule has 0 unspecified atom stereocenters. The van der Waals surface area contributed by atoms with Gasteiger partial charge in [-0.05, 0) is 57.0 Å². The van der Waals surface area contributed by atoms with Gasteiger partial charge in [0.15, 0.2) is 6.61 Å². The van der Waals surface area contributed by atoms with Gasteiger partial charge in [0.25, 0.3) is 10.0 Å². The van der Waals surface area contributed by atoms with Crippen molar-refractivity contribution in [3.8, 4) is 5.75 Å². The minimum Gasteiger partial charge on any atom is -0.482 e. The number of carbonyl (C=O) groups excluding carboxylic acids is 2. The molecule has 0 bridgehead atoms. The van der Waals surface area contributed by atoms with E-state index in [0.717, 1.165) is 4.88 Å². The van der Waals surface area contributed by atoms with Crippen LogP contribution >= 0.6 is 11.3 Å². The smallest absolute Gasteiger partial charge is 0.343 e. The molecule has 0 saturated heterocycles. The molecule has 0 aliphatic carbocycles. The molecule has 1 aromatic carbocycles. The van der Waals surface area contributed by atoms with Gasteiger partial charge in [0.1, 0.15) is 10.8 Å². The summed E-state index contributed by atoms with van der Waals surface area (Å²) in [4.78, 5) is 24.3. The standard InChI is InChI=1S/C19H23NO7S2/c1-6-26-19(22)17-12(3)13(4)28-18(17)20-29(23,24)14-7-8-15(11(2)9-14)27-10-16(21)25-5/h7-9,20H,6,10H2,1-5H3. The predicted molar refractivity (Wildman–Crippen MR) is 109 cm³/mol. The second kappa shape index (κ2) is 9.27. The van der Waals surface area contributed by atoms with Crippen LogP contribution in [-0.4, -0.2) is 40.7 Å². The van der Waals surface area contributed by atoms with E-state index in [1.54, 1.807) is 27.7 Å². The summed E-state index contributed by atoms with van der Waals surface area (Å²) in [5, 5.41) is 0.210. The van der Waals surface area contributed by atoms with Gasteiger partial charge in [-0.25, -0.2) is 18.0 Å². The van der Waals surface area contributed by atoms with E-state index < -0.39 is 22.0 Å². The summed E-state index contributed by atoms with van der Waals surface area (Å²) in [5.74, 6) is -0.753. The lowest BCUT2D eigenvalue weighted by molar-refractivity contribution is -0.142. The van der Waals surface area contributed by atoms with Crippen LogP contribution in [-0.2, 0) is 24.3 Å². The molecule has 0 atom stereocenters. The SMILES string of the molecule is CCOC(=O)c1c(NS(=O)(=O)c2ccc(OCC(=O)OC)c(C)c2)sc(C)c1C. The molecule has 29 heavy (non-hydrogen) atoms. The normalized spacial score (nSPS) is 11.1. The number of aryl methyl sites for hydroxylation is 2. The maximum absolute atomic E-state index is 12.9. The molecule has 10 heteroatoms. The zero-order chi connectivity index (χ0) is 21.8. The average Bonchev–Trinajstić information content (AvgIpc) is 2.93. The van der Waals surface area contributed by atoms with E-state index in [9.17, 15) is 18.0 Å². The number of rotatable bonds is 8. The van der Waals surface area contributed by atoms with E-state index in [1.807, 2.05) is 0 Å². The lowest BCUT2D eigenvalue weighted by atomic mass is 10.2. The molecule has 1 N–H and O–H groups in total. The lowest BCUT2D eigenvalue weighted by Crippen LogP contribution is -2.16. The minimum absolute atomic E-state index is 0.000988. The third kappa shape index (κ3) is 5.27. The molecule has 0 radical (unpaired) electrons. The fourth-order valence-electron chi connectivity index (χ4n) is 2.48. The van der Waals surface area contributed by atoms with E-state index in [2.05, 4.69) is 9.46 Å². The molecular weight excluding hydrogens is 418 g/mol. The van der Waals surface area contributed by atoms with Gasteiger partial charge in [-0.2, -0.15) is 0 Å². The van der Waals surface area contributed by atoms with Crippen LogP contribution in [0.4, 0.5) is 5.00 Å². The van der Waals surface area contributed by atoms with Crippen molar-refractivity contribution in [2.45, 2.75) is 32.6 Å². The van der Waals surface area contributed by atoms with Crippen molar-refractivity contribution in [1.29, 1.82) is 0 Å². The summed E-state index contributed by atoms with van der Waals surface area (Å²) in [6.07, 6.45) is 0. The Morgan fingerprint density at radius 3 is 2.45 bits per heavy atom. The Morgan fingerprint density at radius 1 is 1.17 bits per heavy atom. The highest BCUT2D eigenvalue weighted by Crippen LogP contribution is 2.35. The molecule has 0 spiro atoms. The van der Waals surface area contributed by atoms with Gasteiger partial charge < -0.3 is 14.2 Å². The van der Waals surface area contributed by atoms with Crippen LogP contribution in [0.25, 0.3) is 0 Å². The highest BCUT2D eigenvalue weighted by molar-refractivity contribution is 7.93. The van der Waals surface area contributed by atoms with Gasteiger partial charge >= 0.3 is 11.9 Å². The van der Waals surface area contributed by atoms with Crippen molar-refractivity contribution in [2.24, 2.45) is 0 Å². The van der Waals surface area contributed by atoms with Crippen LogP contribution in [0.5, 0.6) is 5.75 Å². The van der Waals surface area contributed by atoms with Gasteiger partial charge in [0.2, 0.25) is 0 Å². The first-order chi connectivity index (χ1) is 13.6. The number of hydrogen-bond donors (Lipinski definition) is 1. The molecular formula is C19H23NO7S2. The number of methoxy groups -OCH3 is 1. The number of ether oxygens (including phenoxy) is 3. The average molecular weight is 442 g/mol. The first-order valence-electron chi connectivity index (χ1n) is 8.70. The monoisotopic (exact) mass is 441 g/mol. The number of carbonyl (C=O) groups is 2. The van der Waals surface area contributed by atoms with Gasteiger partial charge in [0, 0.05) is 4.88 Å². The zero-order valence-corrected chi connectivity index (χ0v) is 18.5. The van der Waals surface area contributed by atoms with E-state index >= 15 is 0 Å². The van der Waals surface area contributed by atoms with Gasteiger partial charge in [-0.1, -0.05) is 0 Å². The van der Waals surface area contributed by atoms with E-state index in [0.29, 0.717) is 16.9 Å². The number of nitrogens with one attached hydrogen (secondary N) is 1. The lowest BCUT2D eigenvalue weighted by Gasteiger charge is -2.12. The van der Waals surface area contributed by atoms with E-state index in [-0.39, 0.29) is 28.7 Å². The molecule has 0 fully saturated rings. The highest BCUT2D eigenvalue weighted by atomic mass is 32.2. The Bertz CT molecular complexity index is 1030. The van der Waals surface area contributed by atoms with Crippen LogP contribution in [0.15, 0.2) is 23.1 Å². The number of sulfonamides is 1. The predicted octanol–water partition coefficient (Wildman–Crippen LogP) is 3.20. The van der Waals surface area contributed by atoms with Gasteiger partial charge in [0.05, 0.1) is 24.2 Å². The van der Waals surface area contributed by atoms with Crippen LogP contribution in [0.1, 0.15) is 33.3 Å². The van der Waals surface area contributed by atoms with Crippen molar-refractivity contribution in [2.75, 3.05) is 25.0 Å². The fraction of sp³-hybridized carbons (Fsp3) is 0.368. The number of hydrogen-bond acceptors (Lipinski definition) is 8. The van der Waals surface area contributed by atoms with Crippen molar-refractivity contribution in [1.82, 2.24) is 0 Å². The van der Waals surface area contributed by atoms with Crippen LogP contribution in [0.3, 0.4) is 0 Å². The quantitative estimate of drug-likeness (QED) is 0.627. The summed E-state index contributed by atoms with van der Waals surface area (Å²) in [6.45, 7) is 6.80. The molecule has 0 saturated carbocycles. The van der Waals surface area contributed by atoms with Gasteiger partial charge in [-0.3, -0.25) is 4.72 Å². The maximum atomic E-state index is 12.9. The molecule has 2 aromatic rings. The molecule has 1 heterocycles. The van der Waals surface area contributed by atoms with Crippen molar-refractivity contribution < 1.29 is 32.2 Å². The fourth-order valence-corrected chi connectivity index (χ4v) is 4.91. The minimum atomic E-state index is -3.96. The zero-order valence-electron chi connectivity index (χ0n) is 16.8. The molecule has 0 aliphatic heterocycles. The Hall–Kier alpha value is -2.59. The summed E-state index contributed by atoms with van der Waals surface area (Å²) >= 11 is 1.17. The number of esters is 2. The molecule has 2 rings (SSSR count). The Balaban J connectivity index is 2.31. The number of benzene rings is 1. The summed E-state index contributed by atoms with van der Waals surface area (Å²) in [5.41, 5.74) is 1.42. The van der Waals surface area contributed by atoms with Crippen LogP contribution in [0, 0.1) is 20.8 Å². The molecule has 0 amide bonds. The van der Waals surface area contributed by atoms with Gasteiger partial charge in [-0.15, -0.1) is 11.3 Å². The highest BCUT2D eigenvalue weighted by Gasteiger charge is 2.25. The van der Waals surface area contributed by atoms with Crippen LogP contribution < -0.4 is 9.46 Å². The summed E-state index contributed by atoms with van der Waals surface area (Å²) in [7, 11) is -2.71. The van der Waals surface area contributed by atoms with Crippen molar-refractivity contribution >= 4 is 38.3 Å². The first kappa shape index (κ1) is 22.7. The second-order valence-corrected chi connectivity index (χ2v) is 9.01. The number of thiophene rings is 1. The Labute approximate surface area is 173 Å². The molecule has 158 valence electrons. The Kier molecular flexibility index (Phi) is 7.26. The van der Waals surface area contributed by atoms with E-state index in [1.165, 1.54) is 36.6 Å². The summed E-state index contributed by atoms with van der Waals surface area (Å²) < 4.78 is 43.1. The molecule has 1 aromatic heterocycles. The van der Waals surface area contributed by atoms with Crippen molar-refractivity contribution in [3.05, 3.63) is 39.8 Å². The molecule has 8 nitrogen and oxygen atoms in total. The number of anilines is 1. The van der Waals surface area contributed by atoms with Crippen LogP contribution in [0.2, 0.25) is 0 Å². The maximum Gasteiger partial charge on any atom is 0.343 e. The molecule has 0 aliphatic rings. The summed E-state index contributed by atoms with van der Waals surface area (Å²) in [6, 6.07) is 4.25. The topological polar surface area (TPSA) is 108 Å². The Morgan fingerprint density at radius 2 is 1.86 bits per heavy atom. The van der Waals surface area contributed by atoms with Crippen molar-refractivity contribution in [3.63, 3.8) is 0 Å². The third-order valence-corrected chi connectivity index (χ3v) is 6.72.